The zero-order chi connectivity index (χ0) is 16.9. The number of anilines is 1. The Balaban J connectivity index is 1.82. The normalized spacial score (nSPS) is 11.8. The number of urea groups is 1. The average Bonchev–Trinajstić information content (AvgIpc) is 2.99. The van der Waals surface area contributed by atoms with Crippen molar-refractivity contribution >= 4 is 11.8 Å². The van der Waals surface area contributed by atoms with Gasteiger partial charge in [-0.3, -0.25) is 15.0 Å². The van der Waals surface area contributed by atoms with Gasteiger partial charge in [0.05, 0.1) is 17.9 Å². The van der Waals surface area contributed by atoms with E-state index in [1.165, 1.54) is 4.68 Å². The van der Waals surface area contributed by atoms with E-state index >= 15 is 0 Å². The van der Waals surface area contributed by atoms with Crippen molar-refractivity contribution in [1.29, 1.82) is 0 Å². The Labute approximate surface area is 139 Å². The van der Waals surface area contributed by atoms with E-state index in [1.54, 1.807) is 19.4 Å². The SMILES string of the molecule is Cc1ccc([C@H](NC(=O)Nc2cn(C)nn2)c2ccccn2)cc1. The number of amides is 2. The number of carbonyl (C=O) groups is 1. The quantitative estimate of drug-likeness (QED) is 0.772. The van der Waals surface area contributed by atoms with Crippen LogP contribution in [0.4, 0.5) is 10.6 Å². The maximum atomic E-state index is 12.3. The van der Waals surface area contributed by atoms with Crippen LogP contribution in [0.1, 0.15) is 22.9 Å². The minimum Gasteiger partial charge on any atom is -0.325 e. The molecule has 0 radical (unpaired) electrons. The number of rotatable bonds is 4. The van der Waals surface area contributed by atoms with Crippen LogP contribution in [-0.4, -0.2) is 26.0 Å². The average molecular weight is 322 g/mol. The smallest absolute Gasteiger partial charge is 0.321 e. The van der Waals surface area contributed by atoms with Crippen LogP contribution in [0.15, 0.2) is 54.9 Å². The van der Waals surface area contributed by atoms with Gasteiger partial charge in [-0.2, -0.15) is 0 Å². The summed E-state index contributed by atoms with van der Waals surface area (Å²) in [5.41, 5.74) is 2.87. The summed E-state index contributed by atoms with van der Waals surface area (Å²) >= 11 is 0. The highest BCUT2D eigenvalue weighted by Crippen LogP contribution is 2.20. The van der Waals surface area contributed by atoms with Crippen molar-refractivity contribution in [3.05, 3.63) is 71.7 Å². The number of pyridine rings is 1. The Kier molecular flexibility index (Phi) is 4.51. The fourth-order valence-corrected chi connectivity index (χ4v) is 2.32. The van der Waals surface area contributed by atoms with E-state index in [2.05, 4.69) is 25.9 Å². The topological polar surface area (TPSA) is 84.7 Å². The molecule has 122 valence electrons. The molecule has 7 nitrogen and oxygen atoms in total. The highest BCUT2D eigenvalue weighted by Gasteiger charge is 2.18. The lowest BCUT2D eigenvalue weighted by Crippen LogP contribution is -2.33. The molecule has 0 spiro atoms. The van der Waals surface area contributed by atoms with Gasteiger partial charge in [0.1, 0.15) is 0 Å². The Bertz CT molecular complexity index is 813. The molecule has 2 heterocycles. The molecule has 2 amide bonds. The molecule has 0 aliphatic carbocycles. The fraction of sp³-hybridized carbons (Fsp3) is 0.176. The van der Waals surface area contributed by atoms with Gasteiger partial charge in [0, 0.05) is 13.2 Å². The van der Waals surface area contributed by atoms with Crippen LogP contribution < -0.4 is 10.6 Å². The van der Waals surface area contributed by atoms with Crippen LogP contribution >= 0.6 is 0 Å². The van der Waals surface area contributed by atoms with E-state index in [9.17, 15) is 4.79 Å². The first kappa shape index (κ1) is 15.7. The third kappa shape index (κ3) is 3.75. The molecule has 0 fully saturated rings. The molecule has 0 aliphatic heterocycles. The number of hydrogen-bond acceptors (Lipinski definition) is 4. The van der Waals surface area contributed by atoms with Gasteiger partial charge in [-0.1, -0.05) is 41.1 Å². The van der Waals surface area contributed by atoms with Crippen LogP contribution in [0.2, 0.25) is 0 Å². The van der Waals surface area contributed by atoms with Gasteiger partial charge in [0.2, 0.25) is 0 Å². The summed E-state index contributed by atoms with van der Waals surface area (Å²) in [6.45, 7) is 2.02. The molecule has 0 saturated heterocycles. The Morgan fingerprint density at radius 2 is 1.96 bits per heavy atom. The summed E-state index contributed by atoms with van der Waals surface area (Å²) in [6.07, 6.45) is 3.33. The molecule has 24 heavy (non-hydrogen) atoms. The number of carbonyl (C=O) groups excluding carboxylic acids is 1. The third-order valence-corrected chi connectivity index (χ3v) is 3.51. The summed E-state index contributed by atoms with van der Waals surface area (Å²) in [5.74, 6) is 0.388. The molecule has 0 bridgehead atoms. The number of aromatic nitrogens is 4. The van der Waals surface area contributed by atoms with Gasteiger partial charge in [0.25, 0.3) is 0 Å². The lowest BCUT2D eigenvalue weighted by molar-refractivity contribution is 0.250. The molecule has 1 aromatic carbocycles. The number of nitrogens with zero attached hydrogens (tertiary/aromatic N) is 4. The van der Waals surface area contributed by atoms with Gasteiger partial charge in [0.15, 0.2) is 5.82 Å². The molecule has 2 N–H and O–H groups in total. The van der Waals surface area contributed by atoms with Crippen molar-refractivity contribution < 1.29 is 4.79 Å². The maximum absolute atomic E-state index is 12.3. The fourth-order valence-electron chi connectivity index (χ4n) is 2.32. The minimum absolute atomic E-state index is 0.358. The van der Waals surface area contributed by atoms with E-state index in [0.29, 0.717) is 5.82 Å². The highest BCUT2D eigenvalue weighted by molar-refractivity contribution is 5.88. The molecule has 0 aliphatic rings. The second kappa shape index (κ2) is 6.91. The zero-order valence-corrected chi connectivity index (χ0v) is 13.5. The maximum Gasteiger partial charge on any atom is 0.321 e. The first-order valence-electron chi connectivity index (χ1n) is 7.53. The van der Waals surface area contributed by atoms with Crippen LogP contribution in [0.25, 0.3) is 0 Å². The molecule has 3 aromatic rings. The summed E-state index contributed by atoms with van der Waals surface area (Å²) in [4.78, 5) is 16.7. The summed E-state index contributed by atoms with van der Waals surface area (Å²) < 4.78 is 1.52. The molecular weight excluding hydrogens is 304 g/mol. The molecular formula is C17H18N6O. The van der Waals surface area contributed by atoms with Crippen molar-refractivity contribution in [2.24, 2.45) is 7.05 Å². The third-order valence-electron chi connectivity index (χ3n) is 3.51. The largest absolute Gasteiger partial charge is 0.325 e. The predicted octanol–water partition coefficient (Wildman–Crippen LogP) is 2.43. The zero-order valence-electron chi connectivity index (χ0n) is 13.5. The van der Waals surface area contributed by atoms with Crippen LogP contribution in [0, 0.1) is 6.92 Å². The standard InChI is InChI=1S/C17H18N6O/c1-12-6-8-13(9-7-12)16(14-5-3-4-10-18-14)20-17(24)19-15-11-23(2)22-21-15/h3-11,16H,1-2H3,(H2,19,20,24)/t16-/m0/s1. The van der Waals surface area contributed by atoms with Crippen LogP contribution in [0.3, 0.4) is 0 Å². The van der Waals surface area contributed by atoms with Crippen molar-refractivity contribution in [2.45, 2.75) is 13.0 Å². The second-order valence-corrected chi connectivity index (χ2v) is 5.47. The van der Waals surface area contributed by atoms with Crippen LogP contribution in [0.5, 0.6) is 0 Å². The number of nitrogens with one attached hydrogen (secondary N) is 2. The summed E-state index contributed by atoms with van der Waals surface area (Å²) in [6, 6.07) is 12.9. The van der Waals surface area contributed by atoms with Gasteiger partial charge in [-0.15, -0.1) is 5.10 Å². The summed E-state index contributed by atoms with van der Waals surface area (Å²) in [5, 5.41) is 13.2. The Hall–Kier alpha value is -3.22. The Morgan fingerprint density at radius 3 is 2.58 bits per heavy atom. The van der Waals surface area contributed by atoms with Gasteiger partial charge in [-0.25, -0.2) is 4.79 Å². The second-order valence-electron chi connectivity index (χ2n) is 5.47. The molecule has 0 unspecified atom stereocenters. The molecule has 2 aromatic heterocycles. The van der Waals surface area contributed by atoms with Crippen molar-refractivity contribution in [1.82, 2.24) is 25.3 Å². The minimum atomic E-state index is -0.369. The van der Waals surface area contributed by atoms with Crippen molar-refractivity contribution in [3.63, 3.8) is 0 Å². The molecule has 0 saturated carbocycles. The van der Waals surface area contributed by atoms with E-state index in [4.69, 9.17) is 0 Å². The van der Waals surface area contributed by atoms with E-state index in [-0.39, 0.29) is 12.1 Å². The first-order valence-corrected chi connectivity index (χ1v) is 7.53. The lowest BCUT2D eigenvalue weighted by Gasteiger charge is -2.19. The predicted molar refractivity (Wildman–Crippen MR) is 90.4 cm³/mol. The van der Waals surface area contributed by atoms with Crippen molar-refractivity contribution in [3.8, 4) is 0 Å². The lowest BCUT2D eigenvalue weighted by atomic mass is 10.0. The van der Waals surface area contributed by atoms with Gasteiger partial charge < -0.3 is 5.32 Å². The van der Waals surface area contributed by atoms with E-state index < -0.39 is 0 Å². The highest BCUT2D eigenvalue weighted by atomic mass is 16.2. The van der Waals surface area contributed by atoms with Crippen molar-refractivity contribution in [2.75, 3.05) is 5.32 Å². The number of hydrogen-bond donors (Lipinski definition) is 2. The van der Waals surface area contributed by atoms with E-state index in [1.807, 2.05) is 49.4 Å². The van der Waals surface area contributed by atoms with E-state index in [0.717, 1.165) is 16.8 Å². The number of aryl methyl sites for hydroxylation is 2. The molecule has 7 heteroatoms. The monoisotopic (exact) mass is 322 g/mol. The molecule has 1 atom stereocenters. The summed E-state index contributed by atoms with van der Waals surface area (Å²) in [7, 11) is 1.74. The van der Waals surface area contributed by atoms with Gasteiger partial charge in [-0.05, 0) is 24.6 Å². The van der Waals surface area contributed by atoms with Gasteiger partial charge >= 0.3 is 6.03 Å². The molecule has 3 rings (SSSR count). The van der Waals surface area contributed by atoms with Crippen LogP contribution in [-0.2, 0) is 7.05 Å². The number of benzene rings is 1. The Morgan fingerprint density at radius 1 is 1.17 bits per heavy atom. The first-order chi connectivity index (χ1) is 11.6.